The third kappa shape index (κ3) is 2.21. The minimum atomic E-state index is -0.234. The number of imidazole rings is 1. The predicted octanol–water partition coefficient (Wildman–Crippen LogP) is 1.35. The zero-order chi connectivity index (χ0) is 13.4. The van der Waals surface area contributed by atoms with Crippen molar-refractivity contribution in [3.63, 3.8) is 0 Å². The normalized spacial score (nSPS) is 11.0. The lowest BCUT2D eigenvalue weighted by molar-refractivity contribution is 0.776. The second-order valence-corrected chi connectivity index (χ2v) is 5.04. The molecule has 1 aromatic carbocycles. The summed E-state index contributed by atoms with van der Waals surface area (Å²) >= 11 is 1.98. The molecule has 0 aliphatic rings. The molecule has 0 amide bonds. The number of aromatic nitrogens is 4. The molecule has 2 aromatic heterocycles. The van der Waals surface area contributed by atoms with Crippen LogP contribution in [-0.2, 0) is 6.54 Å². The van der Waals surface area contributed by atoms with Crippen LogP contribution in [0.5, 0.6) is 0 Å². The lowest BCUT2D eigenvalue weighted by Gasteiger charge is -2.03. The van der Waals surface area contributed by atoms with E-state index in [1.807, 2.05) is 52.9 Å². The predicted molar refractivity (Wildman–Crippen MR) is 80.8 cm³/mol. The highest BCUT2D eigenvalue weighted by molar-refractivity contribution is 14.1. The molecule has 0 bridgehead atoms. The molecule has 0 fully saturated rings. The van der Waals surface area contributed by atoms with E-state index < -0.39 is 0 Å². The number of anilines is 1. The molecule has 3 N–H and O–H groups in total. The molecule has 3 rings (SSSR count). The topological polar surface area (TPSA) is 89.6 Å². The molecule has 3 aromatic rings. The largest absolute Gasteiger partial charge is 0.382 e. The monoisotopic (exact) mass is 367 g/mol. The van der Waals surface area contributed by atoms with Crippen LogP contribution in [0.15, 0.2) is 35.1 Å². The van der Waals surface area contributed by atoms with E-state index in [-0.39, 0.29) is 5.69 Å². The molecule has 6 nitrogen and oxygen atoms in total. The van der Waals surface area contributed by atoms with Gasteiger partial charge >= 0.3 is 5.69 Å². The number of fused-ring (bicyclic) bond motifs is 1. The van der Waals surface area contributed by atoms with Crippen LogP contribution in [0.3, 0.4) is 0 Å². The number of aromatic amines is 1. The molecular weight excluding hydrogens is 357 g/mol. The number of hydrogen-bond acceptors (Lipinski definition) is 4. The Morgan fingerprint density at radius 1 is 1.26 bits per heavy atom. The van der Waals surface area contributed by atoms with Gasteiger partial charge in [-0.3, -0.25) is 4.57 Å². The van der Waals surface area contributed by atoms with Gasteiger partial charge in [0.15, 0.2) is 15.3 Å². The summed E-state index contributed by atoms with van der Waals surface area (Å²) < 4.78 is 2.08. The van der Waals surface area contributed by atoms with Crippen LogP contribution in [-0.4, -0.2) is 19.5 Å². The Morgan fingerprint density at radius 3 is 2.74 bits per heavy atom. The van der Waals surface area contributed by atoms with Crippen molar-refractivity contribution < 1.29 is 0 Å². The number of nitrogens with two attached hydrogens (primary N) is 1. The van der Waals surface area contributed by atoms with E-state index in [1.54, 1.807) is 4.57 Å². The number of nitrogens with zero attached hydrogens (tertiary/aromatic N) is 3. The zero-order valence-corrected chi connectivity index (χ0v) is 12.0. The summed E-state index contributed by atoms with van der Waals surface area (Å²) in [6, 6.07) is 9.72. The molecule has 0 spiro atoms. The summed E-state index contributed by atoms with van der Waals surface area (Å²) in [6.07, 6.45) is 0. The molecule has 7 heteroatoms. The summed E-state index contributed by atoms with van der Waals surface area (Å²) in [7, 11) is 0. The minimum Gasteiger partial charge on any atom is -0.382 e. The smallest absolute Gasteiger partial charge is 0.328 e. The van der Waals surface area contributed by atoms with E-state index in [0.29, 0.717) is 27.4 Å². The molecule has 0 saturated heterocycles. The van der Waals surface area contributed by atoms with Gasteiger partial charge in [0.1, 0.15) is 5.52 Å². The second kappa shape index (κ2) is 4.65. The van der Waals surface area contributed by atoms with E-state index in [0.717, 1.165) is 5.56 Å². The lowest BCUT2D eigenvalue weighted by Crippen LogP contribution is -2.17. The van der Waals surface area contributed by atoms with Crippen molar-refractivity contribution in [1.29, 1.82) is 0 Å². The molecule has 0 atom stereocenters. The molecule has 96 valence electrons. The van der Waals surface area contributed by atoms with E-state index >= 15 is 0 Å². The first kappa shape index (κ1) is 12.2. The first-order valence-electron chi connectivity index (χ1n) is 5.60. The number of halogens is 1. The third-order valence-electron chi connectivity index (χ3n) is 2.81. The maximum Gasteiger partial charge on any atom is 0.328 e. The van der Waals surface area contributed by atoms with Crippen LogP contribution >= 0.6 is 22.6 Å². The van der Waals surface area contributed by atoms with E-state index in [4.69, 9.17) is 5.73 Å². The Labute approximate surface area is 121 Å². The van der Waals surface area contributed by atoms with E-state index in [9.17, 15) is 4.79 Å². The van der Waals surface area contributed by atoms with Crippen LogP contribution in [0.25, 0.3) is 11.2 Å². The van der Waals surface area contributed by atoms with Gasteiger partial charge in [0.25, 0.3) is 0 Å². The van der Waals surface area contributed by atoms with Gasteiger partial charge in [0.2, 0.25) is 0 Å². The van der Waals surface area contributed by atoms with Crippen LogP contribution < -0.4 is 11.4 Å². The van der Waals surface area contributed by atoms with Gasteiger partial charge in [-0.25, -0.2) is 14.8 Å². The molecular formula is C12H10IN5O. The van der Waals surface area contributed by atoms with Crippen LogP contribution in [0.2, 0.25) is 0 Å². The standard InChI is InChI=1S/C12H10IN5O/c13-11-16-9(14)8-10(17-11)18(12(19)15-8)6-7-4-2-1-3-5-7/h1-5H,6H2,(H,15,19)(H2,14,16,17). The fourth-order valence-electron chi connectivity index (χ4n) is 1.94. The van der Waals surface area contributed by atoms with Crippen molar-refractivity contribution in [2.75, 3.05) is 5.73 Å². The average Bonchev–Trinajstić information content (AvgIpc) is 2.69. The van der Waals surface area contributed by atoms with Gasteiger partial charge in [-0.05, 0) is 5.56 Å². The Kier molecular flexibility index (Phi) is 2.97. The SMILES string of the molecule is Nc1nc(I)nc2c1[nH]c(=O)n2Cc1ccccc1. The molecule has 0 aliphatic carbocycles. The van der Waals surface area contributed by atoms with Gasteiger partial charge in [-0.2, -0.15) is 0 Å². The van der Waals surface area contributed by atoms with Crippen molar-refractivity contribution >= 4 is 39.6 Å². The molecule has 0 unspecified atom stereocenters. The van der Waals surface area contributed by atoms with Crippen molar-refractivity contribution in [3.05, 3.63) is 50.2 Å². The van der Waals surface area contributed by atoms with Crippen molar-refractivity contribution in [2.24, 2.45) is 0 Å². The Hall–Kier alpha value is -1.90. The van der Waals surface area contributed by atoms with Gasteiger partial charge in [-0.15, -0.1) is 0 Å². The maximum absolute atomic E-state index is 12.0. The number of H-pyrrole nitrogens is 1. The van der Waals surface area contributed by atoms with Crippen molar-refractivity contribution in [3.8, 4) is 0 Å². The van der Waals surface area contributed by atoms with Gasteiger partial charge < -0.3 is 10.7 Å². The second-order valence-electron chi connectivity index (χ2n) is 4.08. The molecule has 0 saturated carbocycles. The fourth-order valence-corrected chi connectivity index (χ4v) is 2.43. The fraction of sp³-hybridized carbons (Fsp3) is 0.0833. The van der Waals surface area contributed by atoms with Crippen LogP contribution in [0, 0.1) is 3.83 Å². The van der Waals surface area contributed by atoms with E-state index in [2.05, 4.69) is 15.0 Å². The highest BCUT2D eigenvalue weighted by Crippen LogP contribution is 2.15. The maximum atomic E-state index is 12.0. The highest BCUT2D eigenvalue weighted by Gasteiger charge is 2.12. The summed E-state index contributed by atoms with van der Waals surface area (Å²) in [6.45, 7) is 0.451. The zero-order valence-electron chi connectivity index (χ0n) is 9.80. The average molecular weight is 367 g/mol. The first-order valence-corrected chi connectivity index (χ1v) is 6.68. The number of nitrogen functional groups attached to an aromatic ring is 1. The number of rotatable bonds is 2. The van der Waals surface area contributed by atoms with E-state index in [1.165, 1.54) is 0 Å². The molecule has 0 aliphatic heterocycles. The number of benzene rings is 1. The van der Waals surface area contributed by atoms with Crippen LogP contribution in [0.4, 0.5) is 5.82 Å². The third-order valence-corrected chi connectivity index (χ3v) is 3.29. The van der Waals surface area contributed by atoms with Crippen molar-refractivity contribution in [2.45, 2.75) is 6.54 Å². The first-order chi connectivity index (χ1) is 9.15. The number of hydrogen-bond donors (Lipinski definition) is 2. The van der Waals surface area contributed by atoms with Gasteiger partial charge in [0.05, 0.1) is 6.54 Å². The van der Waals surface area contributed by atoms with Gasteiger partial charge in [-0.1, -0.05) is 30.3 Å². The summed E-state index contributed by atoms with van der Waals surface area (Å²) in [5, 5.41) is 0. The van der Waals surface area contributed by atoms with Crippen LogP contribution in [0.1, 0.15) is 5.56 Å². The molecule has 0 radical (unpaired) electrons. The van der Waals surface area contributed by atoms with Gasteiger partial charge in [0, 0.05) is 22.6 Å². The Morgan fingerprint density at radius 2 is 2.00 bits per heavy atom. The summed E-state index contributed by atoms with van der Waals surface area (Å²) in [4.78, 5) is 23.0. The summed E-state index contributed by atoms with van der Waals surface area (Å²) in [5.41, 5.74) is 7.60. The number of nitrogens with one attached hydrogen (secondary N) is 1. The highest BCUT2D eigenvalue weighted by atomic mass is 127. The lowest BCUT2D eigenvalue weighted by atomic mass is 10.2. The molecule has 2 heterocycles. The summed E-state index contributed by atoms with van der Waals surface area (Å²) in [5.74, 6) is 0.290. The van der Waals surface area contributed by atoms with Crippen molar-refractivity contribution in [1.82, 2.24) is 19.5 Å². The Balaban J connectivity index is 2.18. The quantitative estimate of drug-likeness (QED) is 0.529. The Bertz CT molecular complexity index is 793. The minimum absolute atomic E-state index is 0.234. The molecule has 19 heavy (non-hydrogen) atoms.